The van der Waals surface area contributed by atoms with Crippen LogP contribution in [-0.4, -0.2) is 35.8 Å². The molecule has 2 unspecified atom stereocenters. The summed E-state index contributed by atoms with van der Waals surface area (Å²) in [4.78, 5) is 18.1. The number of carbonyl (C=O) groups is 1. The molecule has 19 heavy (non-hydrogen) atoms. The van der Waals surface area contributed by atoms with E-state index in [0.717, 1.165) is 19.2 Å². The molecule has 0 N–H and O–H groups in total. The quantitative estimate of drug-likeness (QED) is 0.711. The largest absolute Gasteiger partial charge is 0.305 e. The molecule has 0 saturated carbocycles. The fraction of sp³-hybridized carbons (Fsp3) is 0.600. The molecule has 0 amide bonds. The van der Waals surface area contributed by atoms with Gasteiger partial charge in [-0.2, -0.15) is 0 Å². The van der Waals surface area contributed by atoms with E-state index in [1.165, 1.54) is 12.1 Å². The van der Waals surface area contributed by atoms with Crippen LogP contribution in [0.2, 0.25) is 0 Å². The smallest absolute Gasteiger partial charge is 0.185 e. The lowest BCUT2D eigenvalue weighted by Crippen LogP contribution is -2.32. The lowest BCUT2D eigenvalue weighted by atomic mass is 10.0. The van der Waals surface area contributed by atoms with E-state index in [4.69, 9.17) is 0 Å². The summed E-state index contributed by atoms with van der Waals surface area (Å²) in [6.45, 7) is 7.92. The highest BCUT2D eigenvalue weighted by Crippen LogP contribution is 2.10. The Morgan fingerprint density at radius 3 is 2.58 bits per heavy atom. The molecule has 3 nitrogen and oxygen atoms in total. The second kappa shape index (κ2) is 7.34. The van der Waals surface area contributed by atoms with Gasteiger partial charge < -0.3 is 4.90 Å². The Morgan fingerprint density at radius 2 is 2.05 bits per heavy atom. The summed E-state index contributed by atoms with van der Waals surface area (Å²) in [6, 6.07) is 2.72. The first-order valence-corrected chi connectivity index (χ1v) is 6.78. The second-order valence-corrected chi connectivity index (χ2v) is 5.36. The number of ketones is 1. The van der Waals surface area contributed by atoms with Gasteiger partial charge in [-0.05, 0) is 25.1 Å². The van der Waals surface area contributed by atoms with Crippen LogP contribution in [0.15, 0.2) is 18.3 Å². The molecule has 2 atom stereocenters. The first-order valence-electron chi connectivity index (χ1n) is 6.78. The molecular weight excluding hydrogens is 243 g/mol. The van der Waals surface area contributed by atoms with Gasteiger partial charge in [-0.25, -0.2) is 4.39 Å². The number of halogens is 1. The van der Waals surface area contributed by atoms with E-state index in [1.807, 2.05) is 14.0 Å². The summed E-state index contributed by atoms with van der Waals surface area (Å²) in [5.41, 5.74) is 0.339. The number of nitrogens with zero attached hydrogens (tertiary/aromatic N) is 2. The normalized spacial score (nSPS) is 14.4. The van der Waals surface area contributed by atoms with Crippen molar-refractivity contribution in [3.8, 4) is 0 Å². The lowest BCUT2D eigenvalue weighted by molar-refractivity contribution is 0.0893. The monoisotopic (exact) mass is 266 g/mol. The third-order valence-electron chi connectivity index (χ3n) is 3.33. The van der Waals surface area contributed by atoms with Crippen LogP contribution in [0.4, 0.5) is 4.39 Å². The molecule has 1 aromatic rings. The van der Waals surface area contributed by atoms with Gasteiger partial charge in [0.05, 0.1) is 6.20 Å². The molecule has 0 aliphatic heterocycles. The Labute approximate surface area is 114 Å². The molecule has 0 saturated heterocycles. The van der Waals surface area contributed by atoms with E-state index in [2.05, 4.69) is 23.7 Å². The fourth-order valence-corrected chi connectivity index (χ4v) is 2.06. The standard InChI is InChI=1S/C15H23FN2O/c1-5-11(2)9-18(4)10-12(3)15(19)14-7-6-13(16)8-17-14/h6-8,11-12H,5,9-10H2,1-4H3. The van der Waals surface area contributed by atoms with Crippen LogP contribution >= 0.6 is 0 Å². The zero-order valence-electron chi connectivity index (χ0n) is 12.2. The highest BCUT2D eigenvalue weighted by molar-refractivity contribution is 5.95. The van der Waals surface area contributed by atoms with Gasteiger partial charge in [-0.15, -0.1) is 0 Å². The molecule has 1 aromatic heterocycles. The van der Waals surface area contributed by atoms with Gasteiger partial charge >= 0.3 is 0 Å². The zero-order chi connectivity index (χ0) is 14.4. The Kier molecular flexibility index (Phi) is 6.09. The maximum atomic E-state index is 12.8. The van der Waals surface area contributed by atoms with Crippen molar-refractivity contribution >= 4 is 5.78 Å². The van der Waals surface area contributed by atoms with E-state index in [9.17, 15) is 9.18 Å². The van der Waals surface area contributed by atoms with Crippen molar-refractivity contribution in [3.63, 3.8) is 0 Å². The molecular formula is C15H23FN2O. The second-order valence-electron chi connectivity index (χ2n) is 5.36. The highest BCUT2D eigenvalue weighted by atomic mass is 19.1. The molecule has 4 heteroatoms. The minimum absolute atomic E-state index is 0.0315. The molecule has 1 rings (SSSR count). The van der Waals surface area contributed by atoms with Crippen molar-refractivity contribution in [3.05, 3.63) is 29.8 Å². The van der Waals surface area contributed by atoms with E-state index >= 15 is 0 Å². The average molecular weight is 266 g/mol. The van der Waals surface area contributed by atoms with Crippen LogP contribution in [0.3, 0.4) is 0 Å². The molecule has 0 bridgehead atoms. The Morgan fingerprint density at radius 1 is 1.37 bits per heavy atom. The van der Waals surface area contributed by atoms with Crippen LogP contribution in [0.5, 0.6) is 0 Å². The van der Waals surface area contributed by atoms with Gasteiger partial charge in [0.25, 0.3) is 0 Å². The van der Waals surface area contributed by atoms with Crippen molar-refractivity contribution in [2.24, 2.45) is 11.8 Å². The summed E-state index contributed by atoms with van der Waals surface area (Å²) in [7, 11) is 2.02. The van der Waals surface area contributed by atoms with Gasteiger partial charge in [0.1, 0.15) is 11.5 Å². The van der Waals surface area contributed by atoms with E-state index in [-0.39, 0.29) is 11.7 Å². The zero-order valence-corrected chi connectivity index (χ0v) is 12.2. The number of pyridine rings is 1. The van der Waals surface area contributed by atoms with Gasteiger partial charge in [0.2, 0.25) is 0 Å². The predicted octanol–water partition coefficient (Wildman–Crippen LogP) is 3.02. The molecule has 106 valence electrons. The number of Topliss-reactive ketones (excluding diaryl/α,β-unsaturated/α-hetero) is 1. The van der Waals surface area contributed by atoms with Gasteiger partial charge in [0.15, 0.2) is 5.78 Å². The summed E-state index contributed by atoms with van der Waals surface area (Å²) in [5.74, 6) is 0.0392. The van der Waals surface area contributed by atoms with Crippen molar-refractivity contribution in [1.29, 1.82) is 0 Å². The Hall–Kier alpha value is -1.29. The molecule has 0 fully saturated rings. The lowest BCUT2D eigenvalue weighted by Gasteiger charge is -2.23. The molecule has 0 radical (unpaired) electrons. The van der Waals surface area contributed by atoms with Crippen LogP contribution in [0.1, 0.15) is 37.7 Å². The predicted molar refractivity (Wildman–Crippen MR) is 74.6 cm³/mol. The van der Waals surface area contributed by atoms with Crippen LogP contribution in [0.25, 0.3) is 0 Å². The first-order chi connectivity index (χ1) is 8.93. The van der Waals surface area contributed by atoms with Gasteiger partial charge in [-0.3, -0.25) is 9.78 Å². The minimum atomic E-state index is -0.418. The number of hydrogen-bond acceptors (Lipinski definition) is 3. The summed E-state index contributed by atoms with van der Waals surface area (Å²) < 4.78 is 12.8. The SMILES string of the molecule is CCC(C)CN(C)CC(C)C(=O)c1ccc(F)cn1. The van der Waals surface area contributed by atoms with E-state index in [0.29, 0.717) is 18.2 Å². The first kappa shape index (κ1) is 15.8. The number of aromatic nitrogens is 1. The molecule has 0 aliphatic carbocycles. The Balaban J connectivity index is 2.55. The molecule has 1 heterocycles. The third-order valence-corrected chi connectivity index (χ3v) is 3.33. The summed E-state index contributed by atoms with van der Waals surface area (Å²) >= 11 is 0. The fourth-order valence-electron chi connectivity index (χ4n) is 2.06. The third kappa shape index (κ3) is 5.07. The number of hydrogen-bond donors (Lipinski definition) is 0. The maximum absolute atomic E-state index is 12.8. The summed E-state index contributed by atoms with van der Waals surface area (Å²) in [6.07, 6.45) is 2.22. The van der Waals surface area contributed by atoms with Crippen LogP contribution in [-0.2, 0) is 0 Å². The van der Waals surface area contributed by atoms with E-state index < -0.39 is 5.82 Å². The van der Waals surface area contributed by atoms with Crippen LogP contribution < -0.4 is 0 Å². The highest BCUT2D eigenvalue weighted by Gasteiger charge is 2.18. The van der Waals surface area contributed by atoms with Crippen molar-refractivity contribution in [1.82, 2.24) is 9.88 Å². The number of carbonyl (C=O) groups excluding carboxylic acids is 1. The molecule has 0 spiro atoms. The van der Waals surface area contributed by atoms with E-state index in [1.54, 1.807) is 0 Å². The van der Waals surface area contributed by atoms with Crippen molar-refractivity contribution in [2.75, 3.05) is 20.1 Å². The maximum Gasteiger partial charge on any atom is 0.185 e. The van der Waals surface area contributed by atoms with Crippen LogP contribution in [0, 0.1) is 17.7 Å². The molecule has 0 aromatic carbocycles. The summed E-state index contributed by atoms with van der Waals surface area (Å²) in [5, 5.41) is 0. The van der Waals surface area contributed by atoms with Crippen molar-refractivity contribution < 1.29 is 9.18 Å². The minimum Gasteiger partial charge on any atom is -0.305 e. The Bertz CT molecular complexity index is 405. The topological polar surface area (TPSA) is 33.2 Å². The molecule has 0 aliphatic rings. The van der Waals surface area contributed by atoms with Gasteiger partial charge in [-0.1, -0.05) is 27.2 Å². The van der Waals surface area contributed by atoms with Crippen molar-refractivity contribution in [2.45, 2.75) is 27.2 Å². The number of rotatable bonds is 7. The average Bonchev–Trinajstić information content (AvgIpc) is 2.38. The van der Waals surface area contributed by atoms with Gasteiger partial charge in [0, 0.05) is 19.0 Å².